The Morgan fingerprint density at radius 2 is 2.40 bits per heavy atom. The molecule has 1 atom stereocenters. The quantitative estimate of drug-likeness (QED) is 0.669. The van der Waals surface area contributed by atoms with Gasteiger partial charge < -0.3 is 14.9 Å². The lowest BCUT2D eigenvalue weighted by Gasteiger charge is -2.20. The third kappa shape index (κ3) is 2.43. The molecule has 2 saturated heterocycles. The van der Waals surface area contributed by atoms with Crippen molar-refractivity contribution in [3.63, 3.8) is 0 Å². The molecule has 0 saturated carbocycles. The number of nitrogens with zero attached hydrogens (tertiary/aromatic N) is 2. The fourth-order valence-electron chi connectivity index (χ4n) is 1.77. The zero-order chi connectivity index (χ0) is 10.8. The number of carbonyl (C=O) groups excluding carboxylic acids is 2. The number of amides is 2. The number of likely N-dealkylation sites (tertiary alicyclic amines) is 1. The van der Waals surface area contributed by atoms with Crippen molar-refractivity contribution < 1.29 is 14.7 Å². The van der Waals surface area contributed by atoms with Crippen LogP contribution < -0.4 is 0 Å². The van der Waals surface area contributed by atoms with E-state index in [2.05, 4.69) is 0 Å². The molecule has 2 aliphatic rings. The SMILES string of the molecule is O=C1CSCN1CC(=O)N1CC[C@H](O)C1. The summed E-state index contributed by atoms with van der Waals surface area (Å²) in [5.74, 6) is 1.08. The topological polar surface area (TPSA) is 60.9 Å². The van der Waals surface area contributed by atoms with Crippen molar-refractivity contribution >= 4 is 23.6 Å². The van der Waals surface area contributed by atoms with Gasteiger partial charge in [-0.1, -0.05) is 0 Å². The normalized spacial score (nSPS) is 26.5. The van der Waals surface area contributed by atoms with Crippen LogP contribution in [0.2, 0.25) is 0 Å². The van der Waals surface area contributed by atoms with Crippen molar-refractivity contribution in [1.29, 1.82) is 0 Å². The van der Waals surface area contributed by atoms with Gasteiger partial charge in [0.15, 0.2) is 0 Å². The highest BCUT2D eigenvalue weighted by atomic mass is 32.2. The average Bonchev–Trinajstić information content (AvgIpc) is 2.77. The van der Waals surface area contributed by atoms with Crippen molar-refractivity contribution in [1.82, 2.24) is 9.80 Å². The smallest absolute Gasteiger partial charge is 0.242 e. The molecule has 5 nitrogen and oxygen atoms in total. The van der Waals surface area contributed by atoms with Crippen LogP contribution in [0.3, 0.4) is 0 Å². The molecule has 2 rings (SSSR count). The summed E-state index contributed by atoms with van der Waals surface area (Å²) < 4.78 is 0. The number of rotatable bonds is 2. The number of aliphatic hydroxyl groups is 1. The average molecular weight is 230 g/mol. The van der Waals surface area contributed by atoms with Gasteiger partial charge >= 0.3 is 0 Å². The van der Waals surface area contributed by atoms with E-state index in [1.54, 1.807) is 9.80 Å². The first kappa shape index (κ1) is 10.8. The zero-order valence-corrected chi connectivity index (χ0v) is 9.20. The van der Waals surface area contributed by atoms with Crippen LogP contribution in [-0.2, 0) is 9.59 Å². The Morgan fingerprint density at radius 3 is 2.93 bits per heavy atom. The fourth-order valence-corrected chi connectivity index (χ4v) is 2.68. The van der Waals surface area contributed by atoms with Gasteiger partial charge in [-0.05, 0) is 6.42 Å². The van der Waals surface area contributed by atoms with Gasteiger partial charge in [-0.15, -0.1) is 11.8 Å². The van der Waals surface area contributed by atoms with Gasteiger partial charge in [0.1, 0.15) is 6.54 Å². The molecule has 0 aromatic carbocycles. The van der Waals surface area contributed by atoms with Gasteiger partial charge in [-0.3, -0.25) is 9.59 Å². The summed E-state index contributed by atoms with van der Waals surface area (Å²) in [5, 5.41) is 9.28. The minimum absolute atomic E-state index is 0.0353. The Kier molecular flexibility index (Phi) is 3.16. The van der Waals surface area contributed by atoms with E-state index in [4.69, 9.17) is 0 Å². The van der Waals surface area contributed by atoms with E-state index in [0.29, 0.717) is 31.1 Å². The standard InChI is InChI=1S/C9H14N2O3S/c12-7-1-2-10(3-7)8(13)4-11-6-15-5-9(11)14/h7,12H,1-6H2/t7-/m0/s1. The summed E-state index contributed by atoms with van der Waals surface area (Å²) in [6, 6.07) is 0. The Bertz CT molecular complexity index is 285. The molecule has 0 aromatic rings. The molecule has 0 unspecified atom stereocenters. The third-order valence-corrected chi connectivity index (χ3v) is 3.61. The van der Waals surface area contributed by atoms with Gasteiger partial charge in [0.2, 0.25) is 11.8 Å². The Labute approximate surface area is 92.4 Å². The number of hydrogen-bond donors (Lipinski definition) is 1. The minimum atomic E-state index is -0.391. The molecule has 6 heteroatoms. The summed E-state index contributed by atoms with van der Waals surface area (Å²) >= 11 is 1.53. The minimum Gasteiger partial charge on any atom is -0.391 e. The highest BCUT2D eigenvalue weighted by molar-refractivity contribution is 8.00. The van der Waals surface area contributed by atoms with E-state index < -0.39 is 6.10 Å². The van der Waals surface area contributed by atoms with Gasteiger partial charge in [-0.2, -0.15) is 0 Å². The molecular weight excluding hydrogens is 216 g/mol. The molecular formula is C9H14N2O3S. The van der Waals surface area contributed by atoms with Crippen LogP contribution in [0, 0.1) is 0 Å². The molecule has 2 fully saturated rings. The predicted molar refractivity (Wildman–Crippen MR) is 56.2 cm³/mol. The fraction of sp³-hybridized carbons (Fsp3) is 0.778. The first-order valence-electron chi connectivity index (χ1n) is 4.98. The maximum atomic E-state index is 11.7. The van der Waals surface area contributed by atoms with Crippen molar-refractivity contribution in [2.75, 3.05) is 31.3 Å². The summed E-state index contributed by atoms with van der Waals surface area (Å²) in [7, 11) is 0. The van der Waals surface area contributed by atoms with Crippen molar-refractivity contribution in [2.45, 2.75) is 12.5 Å². The molecule has 84 valence electrons. The van der Waals surface area contributed by atoms with Crippen molar-refractivity contribution in [3.8, 4) is 0 Å². The molecule has 0 bridgehead atoms. The molecule has 1 N–H and O–H groups in total. The second-order valence-corrected chi connectivity index (χ2v) is 4.81. The van der Waals surface area contributed by atoms with Crippen LogP contribution in [-0.4, -0.2) is 64.1 Å². The van der Waals surface area contributed by atoms with E-state index in [1.165, 1.54) is 11.8 Å². The Morgan fingerprint density at radius 1 is 1.60 bits per heavy atom. The largest absolute Gasteiger partial charge is 0.391 e. The Balaban J connectivity index is 1.84. The number of β-amino-alcohol motifs (C(OH)–C–C–N with tert-alkyl or cyclic N) is 1. The second kappa shape index (κ2) is 4.40. The van der Waals surface area contributed by atoms with E-state index in [9.17, 15) is 14.7 Å². The first-order chi connectivity index (χ1) is 7.16. The van der Waals surface area contributed by atoms with Crippen LogP contribution in [0.25, 0.3) is 0 Å². The molecule has 0 aliphatic carbocycles. The van der Waals surface area contributed by atoms with Gasteiger partial charge in [0.25, 0.3) is 0 Å². The summed E-state index contributed by atoms with van der Waals surface area (Å²) in [6.07, 6.45) is 0.256. The van der Waals surface area contributed by atoms with Crippen LogP contribution in [0.4, 0.5) is 0 Å². The van der Waals surface area contributed by atoms with E-state index in [1.807, 2.05) is 0 Å². The molecule has 0 spiro atoms. The van der Waals surface area contributed by atoms with Crippen molar-refractivity contribution in [2.24, 2.45) is 0 Å². The lowest BCUT2D eigenvalue weighted by Crippen LogP contribution is -2.40. The van der Waals surface area contributed by atoms with Crippen LogP contribution in [0.15, 0.2) is 0 Å². The first-order valence-corrected chi connectivity index (χ1v) is 6.13. The van der Waals surface area contributed by atoms with E-state index in [0.717, 1.165) is 0 Å². The summed E-state index contributed by atoms with van der Waals surface area (Å²) in [4.78, 5) is 26.2. The third-order valence-electron chi connectivity index (χ3n) is 2.67. The maximum absolute atomic E-state index is 11.7. The lowest BCUT2D eigenvalue weighted by molar-refractivity contribution is -0.137. The summed E-state index contributed by atoms with van der Waals surface area (Å²) in [5.41, 5.74) is 0. The zero-order valence-electron chi connectivity index (χ0n) is 8.39. The van der Waals surface area contributed by atoms with Gasteiger partial charge in [0, 0.05) is 13.1 Å². The number of hydrogen-bond acceptors (Lipinski definition) is 4. The molecule has 2 aliphatic heterocycles. The highest BCUT2D eigenvalue weighted by Gasteiger charge is 2.28. The second-order valence-electron chi connectivity index (χ2n) is 3.85. The Hall–Kier alpha value is -0.750. The number of carbonyl (C=O) groups is 2. The number of thioether (sulfide) groups is 1. The van der Waals surface area contributed by atoms with Crippen LogP contribution in [0.1, 0.15) is 6.42 Å². The molecule has 2 amide bonds. The number of aliphatic hydroxyl groups excluding tert-OH is 1. The monoisotopic (exact) mass is 230 g/mol. The predicted octanol–water partition coefficient (Wildman–Crippen LogP) is -0.888. The van der Waals surface area contributed by atoms with E-state index >= 15 is 0 Å². The molecule has 2 heterocycles. The molecule has 0 radical (unpaired) electrons. The van der Waals surface area contributed by atoms with Crippen molar-refractivity contribution in [3.05, 3.63) is 0 Å². The molecule has 0 aromatic heterocycles. The maximum Gasteiger partial charge on any atom is 0.242 e. The van der Waals surface area contributed by atoms with E-state index in [-0.39, 0.29) is 18.4 Å². The van der Waals surface area contributed by atoms with Gasteiger partial charge in [-0.25, -0.2) is 0 Å². The summed E-state index contributed by atoms with van der Waals surface area (Å²) in [6.45, 7) is 1.18. The lowest BCUT2D eigenvalue weighted by atomic mass is 10.3. The van der Waals surface area contributed by atoms with Gasteiger partial charge in [0.05, 0.1) is 17.7 Å². The molecule has 15 heavy (non-hydrogen) atoms. The highest BCUT2D eigenvalue weighted by Crippen LogP contribution is 2.16. The van der Waals surface area contributed by atoms with Crippen LogP contribution in [0.5, 0.6) is 0 Å². The van der Waals surface area contributed by atoms with Crippen LogP contribution >= 0.6 is 11.8 Å².